The molecule has 2 aromatic heterocycles. The van der Waals surface area contributed by atoms with Crippen molar-refractivity contribution in [1.29, 1.82) is 0 Å². The van der Waals surface area contributed by atoms with Crippen LogP contribution in [0.25, 0.3) is 11.5 Å². The molecule has 78 valence electrons. The number of hydrogen-bond acceptors (Lipinski definition) is 4. The molecule has 2 rings (SSSR count). The molecule has 0 saturated heterocycles. The molecule has 2 aromatic rings. The average Bonchev–Trinajstić information content (AvgIpc) is 2.75. The largest absolute Gasteiger partial charge is 0.341 e. The van der Waals surface area contributed by atoms with Gasteiger partial charge in [-0.25, -0.2) is 4.98 Å². The summed E-state index contributed by atoms with van der Waals surface area (Å²) in [5, 5.41) is 10.2. The Labute approximate surface area is 99.5 Å². The molecule has 5 nitrogen and oxygen atoms in total. The van der Waals surface area contributed by atoms with Gasteiger partial charge in [0.15, 0.2) is 5.82 Å². The molecule has 7 heteroatoms. The summed E-state index contributed by atoms with van der Waals surface area (Å²) in [6.07, 6.45) is 2.44. The Bertz CT molecular complexity index is 518. The van der Waals surface area contributed by atoms with Gasteiger partial charge in [0.1, 0.15) is 10.3 Å². The van der Waals surface area contributed by atoms with Crippen molar-refractivity contribution in [3.05, 3.63) is 21.0 Å². The molecule has 0 aliphatic rings. The van der Waals surface area contributed by atoms with E-state index in [0.29, 0.717) is 16.2 Å². The zero-order valence-electron chi connectivity index (χ0n) is 7.91. The lowest BCUT2D eigenvalue weighted by Crippen LogP contribution is -1.97. The van der Waals surface area contributed by atoms with Gasteiger partial charge in [-0.1, -0.05) is 19.1 Å². The van der Waals surface area contributed by atoms with Gasteiger partial charge in [-0.3, -0.25) is 0 Å². The maximum absolute atomic E-state index is 5.13. The monoisotopic (exact) mass is 285 g/mol. The molecule has 2 heterocycles. The average molecular weight is 286 g/mol. The zero-order valence-corrected chi connectivity index (χ0v) is 10.3. The van der Waals surface area contributed by atoms with Gasteiger partial charge < -0.3 is 4.98 Å². The van der Waals surface area contributed by atoms with Crippen molar-refractivity contribution in [2.45, 2.75) is 13.3 Å². The number of nitrogens with one attached hydrogen (secondary N) is 2. The van der Waals surface area contributed by atoms with Gasteiger partial charge in [-0.15, -0.1) is 0 Å². The van der Waals surface area contributed by atoms with Crippen LogP contribution in [0.5, 0.6) is 0 Å². The van der Waals surface area contributed by atoms with Crippen LogP contribution in [0.2, 0.25) is 0 Å². The molecule has 2 N–H and O–H groups in total. The second-order valence-electron chi connectivity index (χ2n) is 2.89. The Kier molecular flexibility index (Phi) is 2.92. The number of aromatic amines is 2. The van der Waals surface area contributed by atoms with Gasteiger partial charge in [0, 0.05) is 5.69 Å². The summed E-state index contributed by atoms with van der Waals surface area (Å²) in [4.78, 5) is 7.37. The molecule has 0 atom stereocenters. The van der Waals surface area contributed by atoms with Crippen LogP contribution in [0.4, 0.5) is 0 Å². The first-order valence-corrected chi connectivity index (χ1v) is 5.57. The lowest BCUT2D eigenvalue weighted by atomic mass is 10.3. The van der Waals surface area contributed by atoms with E-state index >= 15 is 0 Å². The van der Waals surface area contributed by atoms with Crippen molar-refractivity contribution in [3.8, 4) is 11.5 Å². The number of rotatable bonds is 2. The number of aryl methyl sites for hydroxylation is 1. The number of halogens is 1. The van der Waals surface area contributed by atoms with Crippen molar-refractivity contribution in [2.24, 2.45) is 0 Å². The molecule has 0 aromatic carbocycles. The van der Waals surface area contributed by atoms with E-state index in [2.05, 4.69) is 41.3 Å². The molecule has 0 aliphatic heterocycles. The standard InChI is InChI=1S/C8H8BrN5S/c1-2-4-6(9)8(15)12-7(11-4)5-3-10-14-13-5/h3H,2H2,1H3,(H,10,13,14)(H,11,12,15). The Hall–Kier alpha value is -1.08. The lowest BCUT2D eigenvalue weighted by molar-refractivity contribution is 0.931. The van der Waals surface area contributed by atoms with E-state index in [1.807, 2.05) is 6.92 Å². The first kappa shape index (κ1) is 10.4. The van der Waals surface area contributed by atoms with E-state index in [9.17, 15) is 0 Å². The minimum Gasteiger partial charge on any atom is -0.341 e. The summed E-state index contributed by atoms with van der Waals surface area (Å²) >= 11 is 8.53. The van der Waals surface area contributed by atoms with E-state index in [-0.39, 0.29) is 0 Å². The fraction of sp³-hybridized carbons (Fsp3) is 0.250. The Balaban J connectivity index is 2.61. The summed E-state index contributed by atoms with van der Waals surface area (Å²) in [6.45, 7) is 2.04. The van der Waals surface area contributed by atoms with Crippen molar-refractivity contribution in [1.82, 2.24) is 25.4 Å². The Morgan fingerprint density at radius 3 is 2.93 bits per heavy atom. The first-order valence-electron chi connectivity index (χ1n) is 4.37. The number of nitrogens with zero attached hydrogens (tertiary/aromatic N) is 3. The zero-order chi connectivity index (χ0) is 10.8. The molecule has 0 saturated carbocycles. The fourth-order valence-corrected chi connectivity index (χ4v) is 1.87. The second kappa shape index (κ2) is 4.19. The molecular weight excluding hydrogens is 278 g/mol. The van der Waals surface area contributed by atoms with Gasteiger partial charge in [-0.2, -0.15) is 15.4 Å². The smallest absolute Gasteiger partial charge is 0.161 e. The SMILES string of the molecule is CCc1[nH]c(-c2cn[nH]n2)nc(=S)c1Br. The number of hydrogen-bond donors (Lipinski definition) is 2. The molecule has 0 bridgehead atoms. The molecule has 15 heavy (non-hydrogen) atoms. The van der Waals surface area contributed by atoms with Crippen LogP contribution < -0.4 is 0 Å². The number of H-pyrrole nitrogens is 2. The topological polar surface area (TPSA) is 70.2 Å². The van der Waals surface area contributed by atoms with E-state index in [1.165, 1.54) is 0 Å². The highest BCUT2D eigenvalue weighted by atomic mass is 79.9. The maximum atomic E-state index is 5.13. The van der Waals surface area contributed by atoms with Gasteiger partial charge in [0.05, 0.1) is 10.7 Å². The molecule has 0 amide bonds. The summed E-state index contributed by atoms with van der Waals surface area (Å²) in [7, 11) is 0. The van der Waals surface area contributed by atoms with Crippen molar-refractivity contribution < 1.29 is 0 Å². The molecule has 0 aliphatic carbocycles. The van der Waals surface area contributed by atoms with Gasteiger partial charge >= 0.3 is 0 Å². The maximum Gasteiger partial charge on any atom is 0.161 e. The van der Waals surface area contributed by atoms with Crippen LogP contribution in [-0.4, -0.2) is 25.4 Å². The molecule has 0 fully saturated rings. The third-order valence-electron chi connectivity index (χ3n) is 1.95. The molecule has 0 spiro atoms. The minimum absolute atomic E-state index is 0.531. The summed E-state index contributed by atoms with van der Waals surface area (Å²) in [6, 6.07) is 0. The van der Waals surface area contributed by atoms with E-state index < -0.39 is 0 Å². The van der Waals surface area contributed by atoms with Crippen molar-refractivity contribution in [3.63, 3.8) is 0 Å². The highest BCUT2D eigenvalue weighted by Crippen LogP contribution is 2.19. The molecule has 0 unspecified atom stereocenters. The second-order valence-corrected chi connectivity index (χ2v) is 4.07. The van der Waals surface area contributed by atoms with Gasteiger partial charge in [0.2, 0.25) is 0 Å². The lowest BCUT2D eigenvalue weighted by Gasteiger charge is -2.03. The van der Waals surface area contributed by atoms with E-state index in [0.717, 1.165) is 16.6 Å². The third-order valence-corrected chi connectivity index (χ3v) is 3.36. The van der Waals surface area contributed by atoms with Crippen LogP contribution >= 0.6 is 28.1 Å². The van der Waals surface area contributed by atoms with Crippen LogP contribution in [0, 0.1) is 4.64 Å². The molecular formula is C8H8BrN5S. The first-order chi connectivity index (χ1) is 7.22. The normalized spacial score (nSPS) is 10.5. The van der Waals surface area contributed by atoms with Gasteiger partial charge in [-0.05, 0) is 22.4 Å². The van der Waals surface area contributed by atoms with Crippen molar-refractivity contribution >= 4 is 28.1 Å². The fourth-order valence-electron chi connectivity index (χ4n) is 1.19. The Morgan fingerprint density at radius 1 is 1.53 bits per heavy atom. The van der Waals surface area contributed by atoms with Crippen LogP contribution in [0.3, 0.4) is 0 Å². The van der Waals surface area contributed by atoms with E-state index in [4.69, 9.17) is 12.2 Å². The Morgan fingerprint density at radius 2 is 2.33 bits per heavy atom. The summed E-state index contributed by atoms with van der Waals surface area (Å²) in [5.74, 6) is 0.633. The van der Waals surface area contributed by atoms with Gasteiger partial charge in [0.25, 0.3) is 0 Å². The van der Waals surface area contributed by atoms with Crippen LogP contribution in [-0.2, 0) is 6.42 Å². The highest BCUT2D eigenvalue weighted by Gasteiger charge is 2.08. The van der Waals surface area contributed by atoms with Crippen LogP contribution in [0.15, 0.2) is 10.7 Å². The predicted molar refractivity (Wildman–Crippen MR) is 61.9 cm³/mol. The summed E-state index contributed by atoms with van der Waals surface area (Å²) in [5.41, 5.74) is 1.66. The van der Waals surface area contributed by atoms with E-state index in [1.54, 1.807) is 6.20 Å². The summed E-state index contributed by atoms with van der Waals surface area (Å²) < 4.78 is 1.37. The molecule has 0 radical (unpaired) electrons. The minimum atomic E-state index is 0.531. The third kappa shape index (κ3) is 1.98. The number of aromatic nitrogens is 5. The van der Waals surface area contributed by atoms with Crippen molar-refractivity contribution in [2.75, 3.05) is 0 Å². The highest BCUT2D eigenvalue weighted by molar-refractivity contribution is 9.10. The predicted octanol–water partition coefficient (Wildman–Crippen LogP) is 2.25. The quantitative estimate of drug-likeness (QED) is 0.831. The van der Waals surface area contributed by atoms with Crippen LogP contribution in [0.1, 0.15) is 12.6 Å².